The third-order valence-electron chi connectivity index (χ3n) is 3.01. The summed E-state index contributed by atoms with van der Waals surface area (Å²) < 4.78 is 30.9. The molecule has 0 atom stereocenters. The minimum atomic E-state index is -2.68. The number of nitrogens with zero attached hydrogens (tertiary/aromatic N) is 2. The Morgan fingerprint density at radius 1 is 1.41 bits per heavy atom. The minimum absolute atomic E-state index is 0.0376. The number of aromatic nitrogens is 1. The highest BCUT2D eigenvalue weighted by Gasteiger charge is 2.27. The molecule has 2 rings (SSSR count). The Morgan fingerprint density at radius 3 is 2.73 bits per heavy atom. The molecule has 0 aliphatic rings. The number of carbonyl (C=O) groups excluding carboxylic acids is 1. The van der Waals surface area contributed by atoms with Crippen molar-refractivity contribution in [3.05, 3.63) is 47.1 Å². The molecule has 1 amide bonds. The first kappa shape index (κ1) is 16.4. The molecule has 7 heteroatoms. The van der Waals surface area contributed by atoms with Gasteiger partial charge in [-0.15, -0.1) is 0 Å². The number of anilines is 1. The van der Waals surface area contributed by atoms with Crippen molar-refractivity contribution in [2.75, 3.05) is 11.4 Å². The van der Waals surface area contributed by atoms with E-state index < -0.39 is 18.9 Å². The van der Waals surface area contributed by atoms with E-state index >= 15 is 0 Å². The number of hydrogen-bond donors (Lipinski definition) is 0. The Balaban J connectivity index is 2.41. The number of carbonyl (C=O) groups is 1. The van der Waals surface area contributed by atoms with Crippen molar-refractivity contribution in [3.8, 4) is 0 Å². The lowest BCUT2D eigenvalue weighted by atomic mass is 10.1. The van der Waals surface area contributed by atoms with Crippen LogP contribution >= 0.6 is 11.6 Å². The van der Waals surface area contributed by atoms with Gasteiger partial charge in [-0.3, -0.25) is 4.79 Å². The molecule has 2 aromatic rings. The number of amides is 1. The highest BCUT2D eigenvalue weighted by Crippen LogP contribution is 2.25. The summed E-state index contributed by atoms with van der Waals surface area (Å²) in [6.45, 7) is 2.91. The molecular formula is C15H15ClF2N2O2. The van der Waals surface area contributed by atoms with E-state index in [2.05, 4.69) is 4.98 Å². The van der Waals surface area contributed by atoms with E-state index in [9.17, 15) is 13.6 Å². The van der Waals surface area contributed by atoms with Crippen molar-refractivity contribution in [1.82, 2.24) is 4.98 Å². The first-order valence-electron chi connectivity index (χ1n) is 6.69. The lowest BCUT2D eigenvalue weighted by molar-refractivity contribution is 0.0939. The van der Waals surface area contributed by atoms with Gasteiger partial charge in [-0.2, -0.15) is 0 Å². The van der Waals surface area contributed by atoms with Crippen molar-refractivity contribution < 1.29 is 18.0 Å². The van der Waals surface area contributed by atoms with Crippen LogP contribution in [-0.4, -0.2) is 23.9 Å². The van der Waals surface area contributed by atoms with Crippen LogP contribution in [0.15, 0.2) is 35.1 Å². The Hall–Kier alpha value is -1.95. The largest absolute Gasteiger partial charge is 0.447 e. The number of hydrogen-bond acceptors (Lipinski definition) is 3. The van der Waals surface area contributed by atoms with E-state index in [0.29, 0.717) is 10.8 Å². The molecule has 0 fully saturated rings. The van der Waals surface area contributed by atoms with Crippen LogP contribution in [-0.2, 0) is 0 Å². The molecule has 4 nitrogen and oxygen atoms in total. The highest BCUT2D eigenvalue weighted by molar-refractivity contribution is 6.31. The maximum Gasteiger partial charge on any atom is 0.280 e. The van der Waals surface area contributed by atoms with Crippen molar-refractivity contribution >= 4 is 23.2 Å². The summed E-state index contributed by atoms with van der Waals surface area (Å²) in [6.07, 6.45) is -1.54. The van der Waals surface area contributed by atoms with Crippen LogP contribution in [0, 0.1) is 0 Å². The molecule has 1 aromatic carbocycles. The molecule has 0 N–H and O–H groups in total. The summed E-state index contributed by atoms with van der Waals surface area (Å²) in [7, 11) is 0. The standard InChI is InChI=1S/C15H15ClF2N2O2/c1-9(2)14-13(19-8-22-14)15(21)20(7-12(17)18)11-5-3-4-10(16)6-11/h3-6,8-9,12H,7H2,1-2H3. The van der Waals surface area contributed by atoms with E-state index in [0.717, 1.165) is 11.3 Å². The second-order valence-corrected chi connectivity index (χ2v) is 5.44. The molecule has 118 valence electrons. The minimum Gasteiger partial charge on any atom is -0.447 e. The van der Waals surface area contributed by atoms with Gasteiger partial charge in [-0.05, 0) is 18.2 Å². The van der Waals surface area contributed by atoms with Gasteiger partial charge in [0, 0.05) is 16.6 Å². The summed E-state index contributed by atoms with van der Waals surface area (Å²) in [5.41, 5.74) is 0.325. The third-order valence-corrected chi connectivity index (χ3v) is 3.24. The van der Waals surface area contributed by atoms with Crippen LogP contribution in [0.3, 0.4) is 0 Å². The summed E-state index contributed by atoms with van der Waals surface area (Å²) in [6, 6.07) is 6.19. The highest BCUT2D eigenvalue weighted by atomic mass is 35.5. The zero-order valence-corrected chi connectivity index (χ0v) is 12.8. The predicted molar refractivity (Wildman–Crippen MR) is 79.7 cm³/mol. The Kier molecular flexibility index (Phi) is 5.13. The van der Waals surface area contributed by atoms with Gasteiger partial charge in [0.05, 0.1) is 6.54 Å². The van der Waals surface area contributed by atoms with Gasteiger partial charge in [0.15, 0.2) is 12.1 Å². The van der Waals surface area contributed by atoms with E-state index in [-0.39, 0.29) is 17.3 Å². The lowest BCUT2D eigenvalue weighted by Gasteiger charge is -2.22. The zero-order valence-electron chi connectivity index (χ0n) is 12.1. The number of alkyl halides is 2. The van der Waals surface area contributed by atoms with Crippen molar-refractivity contribution in [2.45, 2.75) is 26.2 Å². The van der Waals surface area contributed by atoms with Gasteiger partial charge in [0.25, 0.3) is 12.3 Å². The summed E-state index contributed by atoms with van der Waals surface area (Å²) in [5.74, 6) is -0.361. The average Bonchev–Trinajstić information content (AvgIpc) is 2.93. The Labute approximate surface area is 131 Å². The fraction of sp³-hybridized carbons (Fsp3) is 0.333. The van der Waals surface area contributed by atoms with E-state index in [1.54, 1.807) is 18.2 Å². The summed E-state index contributed by atoms with van der Waals surface area (Å²) >= 11 is 5.88. The van der Waals surface area contributed by atoms with Gasteiger partial charge in [-0.25, -0.2) is 13.8 Å². The van der Waals surface area contributed by atoms with Gasteiger partial charge in [-0.1, -0.05) is 31.5 Å². The normalized spacial score (nSPS) is 11.2. The maximum atomic E-state index is 12.9. The second-order valence-electron chi connectivity index (χ2n) is 5.01. The van der Waals surface area contributed by atoms with Crippen LogP contribution in [0.25, 0.3) is 0 Å². The van der Waals surface area contributed by atoms with E-state index in [1.807, 2.05) is 13.8 Å². The topological polar surface area (TPSA) is 46.3 Å². The molecule has 0 saturated heterocycles. The first-order chi connectivity index (χ1) is 10.4. The van der Waals surface area contributed by atoms with Crippen LogP contribution in [0.2, 0.25) is 5.02 Å². The SMILES string of the molecule is CC(C)c1ocnc1C(=O)N(CC(F)F)c1cccc(Cl)c1. The monoisotopic (exact) mass is 328 g/mol. The number of oxazole rings is 1. The molecule has 0 bridgehead atoms. The van der Waals surface area contributed by atoms with Gasteiger partial charge in [0.1, 0.15) is 5.76 Å². The Bertz CT molecular complexity index is 658. The summed E-state index contributed by atoms with van der Waals surface area (Å²) in [5, 5.41) is 0.355. The number of halogens is 3. The second kappa shape index (κ2) is 6.87. The third kappa shape index (κ3) is 3.62. The number of rotatable bonds is 5. The molecule has 1 aromatic heterocycles. The molecule has 0 radical (unpaired) electrons. The van der Waals surface area contributed by atoms with Crippen molar-refractivity contribution in [1.29, 1.82) is 0 Å². The zero-order chi connectivity index (χ0) is 16.3. The van der Waals surface area contributed by atoms with Crippen LogP contribution < -0.4 is 4.90 Å². The molecule has 22 heavy (non-hydrogen) atoms. The van der Waals surface area contributed by atoms with Crippen LogP contribution in [0.1, 0.15) is 36.0 Å². The molecular weight excluding hydrogens is 314 g/mol. The van der Waals surface area contributed by atoms with Crippen molar-refractivity contribution in [2.24, 2.45) is 0 Å². The van der Waals surface area contributed by atoms with Crippen LogP contribution in [0.5, 0.6) is 0 Å². The molecule has 0 saturated carbocycles. The predicted octanol–water partition coefficient (Wildman–Crippen LogP) is 4.36. The fourth-order valence-electron chi connectivity index (χ4n) is 2.04. The van der Waals surface area contributed by atoms with E-state index in [1.165, 1.54) is 6.07 Å². The smallest absolute Gasteiger partial charge is 0.280 e. The molecule has 0 aliphatic carbocycles. The van der Waals surface area contributed by atoms with Crippen LogP contribution in [0.4, 0.5) is 14.5 Å². The Morgan fingerprint density at radius 2 is 2.14 bits per heavy atom. The average molecular weight is 329 g/mol. The maximum absolute atomic E-state index is 12.9. The number of benzene rings is 1. The fourth-order valence-corrected chi connectivity index (χ4v) is 2.23. The van der Waals surface area contributed by atoms with Gasteiger partial charge >= 0.3 is 0 Å². The molecule has 0 aliphatic heterocycles. The lowest BCUT2D eigenvalue weighted by Crippen LogP contribution is -2.36. The quantitative estimate of drug-likeness (QED) is 0.819. The van der Waals surface area contributed by atoms with E-state index in [4.69, 9.17) is 16.0 Å². The summed E-state index contributed by atoms with van der Waals surface area (Å²) in [4.78, 5) is 17.4. The van der Waals surface area contributed by atoms with Gasteiger partial charge in [0.2, 0.25) is 0 Å². The first-order valence-corrected chi connectivity index (χ1v) is 7.07. The van der Waals surface area contributed by atoms with Gasteiger partial charge < -0.3 is 9.32 Å². The molecule has 1 heterocycles. The van der Waals surface area contributed by atoms with Crippen molar-refractivity contribution in [3.63, 3.8) is 0 Å². The molecule has 0 unspecified atom stereocenters. The molecule has 0 spiro atoms.